The number of thioether (sulfide) groups is 1. The molecule has 0 aliphatic heterocycles. The molecule has 0 aliphatic carbocycles. The van der Waals surface area contributed by atoms with Gasteiger partial charge >= 0.3 is 0 Å². The molecule has 1 rings (SSSR count). The lowest BCUT2D eigenvalue weighted by atomic mass is 10.2. The van der Waals surface area contributed by atoms with Crippen LogP contribution >= 0.6 is 27.7 Å². The van der Waals surface area contributed by atoms with Crippen LogP contribution in [0.2, 0.25) is 0 Å². The Labute approximate surface area is 77.5 Å². The van der Waals surface area contributed by atoms with Crippen LogP contribution in [-0.2, 0) is 0 Å². The highest BCUT2D eigenvalue weighted by Crippen LogP contribution is 2.15. The summed E-state index contributed by atoms with van der Waals surface area (Å²) >= 11 is 4.63. The molecule has 1 aromatic heterocycles. The highest BCUT2D eigenvalue weighted by molar-refractivity contribution is 9.10. The lowest BCUT2D eigenvalue weighted by Crippen LogP contribution is -1.99. The van der Waals surface area contributed by atoms with Crippen molar-refractivity contribution in [2.45, 2.75) is 0 Å². The average Bonchev–Trinajstić information content (AvgIpc) is 2.36. The Hall–Kier alpha value is -0.220. The smallest absolute Gasteiger partial charge is 0.175 e. The van der Waals surface area contributed by atoms with Crippen LogP contribution in [0.15, 0.2) is 21.4 Å². The number of rotatable bonds is 3. The number of Topliss-reactive ketones (excluding diaryl/α,β-unsaturated/α-hetero) is 1. The fourth-order valence-electron chi connectivity index (χ4n) is 0.671. The van der Waals surface area contributed by atoms with Crippen LogP contribution < -0.4 is 0 Å². The molecule has 0 unspecified atom stereocenters. The molecule has 0 radical (unpaired) electrons. The molecule has 11 heavy (non-hydrogen) atoms. The second-order valence-corrected chi connectivity index (χ2v) is 3.64. The molecule has 0 spiro atoms. The van der Waals surface area contributed by atoms with Crippen molar-refractivity contribution in [3.63, 3.8) is 0 Å². The summed E-state index contributed by atoms with van der Waals surface area (Å²) in [6.07, 6.45) is 3.36. The number of hydrogen-bond acceptors (Lipinski definition) is 3. The summed E-state index contributed by atoms with van der Waals surface area (Å²) < 4.78 is 5.52. The molecule has 0 aromatic carbocycles. The third-order valence-electron chi connectivity index (χ3n) is 1.16. The maximum atomic E-state index is 11.2. The first-order chi connectivity index (χ1) is 5.24. The van der Waals surface area contributed by atoms with Gasteiger partial charge in [0.2, 0.25) is 0 Å². The Morgan fingerprint density at radius 2 is 2.55 bits per heavy atom. The second-order valence-electron chi connectivity index (χ2n) is 2.00. The summed E-state index contributed by atoms with van der Waals surface area (Å²) in [4.78, 5) is 11.2. The van der Waals surface area contributed by atoms with E-state index < -0.39 is 0 Å². The Kier molecular flexibility index (Phi) is 3.20. The van der Waals surface area contributed by atoms with Crippen molar-refractivity contribution in [3.05, 3.63) is 22.6 Å². The maximum absolute atomic E-state index is 11.2. The van der Waals surface area contributed by atoms with E-state index in [2.05, 4.69) is 15.9 Å². The predicted octanol–water partition coefficient (Wildman–Crippen LogP) is 2.59. The number of ketones is 1. The molecule has 60 valence electrons. The summed E-state index contributed by atoms with van der Waals surface area (Å²) in [6.45, 7) is 0. The zero-order valence-electron chi connectivity index (χ0n) is 5.96. The molecular formula is C7H7BrO2S. The Balaban J connectivity index is 2.69. The van der Waals surface area contributed by atoms with E-state index in [9.17, 15) is 4.79 Å². The van der Waals surface area contributed by atoms with Crippen molar-refractivity contribution in [3.8, 4) is 0 Å². The van der Waals surface area contributed by atoms with E-state index in [0.29, 0.717) is 16.0 Å². The van der Waals surface area contributed by atoms with Gasteiger partial charge in [0.1, 0.15) is 6.26 Å². The van der Waals surface area contributed by atoms with Crippen molar-refractivity contribution in [1.29, 1.82) is 0 Å². The van der Waals surface area contributed by atoms with E-state index in [-0.39, 0.29) is 5.78 Å². The van der Waals surface area contributed by atoms with E-state index in [1.807, 2.05) is 6.26 Å². The van der Waals surface area contributed by atoms with Gasteiger partial charge in [-0.1, -0.05) is 0 Å². The molecule has 0 saturated heterocycles. The Bertz CT molecular complexity index is 257. The van der Waals surface area contributed by atoms with Gasteiger partial charge in [0.15, 0.2) is 10.5 Å². The van der Waals surface area contributed by atoms with E-state index in [1.165, 1.54) is 18.0 Å². The van der Waals surface area contributed by atoms with Crippen LogP contribution in [0.3, 0.4) is 0 Å². The first-order valence-electron chi connectivity index (χ1n) is 3.00. The number of furan rings is 1. The van der Waals surface area contributed by atoms with Crippen LogP contribution in [0, 0.1) is 0 Å². The third kappa shape index (κ3) is 2.38. The summed E-state index contributed by atoms with van der Waals surface area (Å²) in [5.41, 5.74) is 0.631. The normalized spacial score (nSPS) is 10.0. The molecule has 0 amide bonds. The van der Waals surface area contributed by atoms with E-state index in [4.69, 9.17) is 4.42 Å². The van der Waals surface area contributed by atoms with E-state index in [0.717, 1.165) is 0 Å². The van der Waals surface area contributed by atoms with Gasteiger partial charge in [-0.25, -0.2) is 0 Å². The van der Waals surface area contributed by atoms with Gasteiger partial charge in [-0.15, -0.1) is 0 Å². The number of carbonyl (C=O) groups is 1. The van der Waals surface area contributed by atoms with Gasteiger partial charge < -0.3 is 4.42 Å². The van der Waals surface area contributed by atoms with Gasteiger partial charge in [-0.2, -0.15) is 11.8 Å². The molecule has 1 heterocycles. The molecular weight excluding hydrogens is 228 g/mol. The Morgan fingerprint density at radius 1 is 1.82 bits per heavy atom. The van der Waals surface area contributed by atoms with Crippen molar-refractivity contribution in [2.75, 3.05) is 12.0 Å². The van der Waals surface area contributed by atoms with Crippen LogP contribution in [-0.4, -0.2) is 17.8 Å². The van der Waals surface area contributed by atoms with Crippen molar-refractivity contribution >= 4 is 33.5 Å². The zero-order valence-corrected chi connectivity index (χ0v) is 8.37. The van der Waals surface area contributed by atoms with Gasteiger partial charge in [0, 0.05) is 6.07 Å². The monoisotopic (exact) mass is 234 g/mol. The minimum atomic E-state index is 0.104. The number of hydrogen-bond donors (Lipinski definition) is 0. The molecule has 2 nitrogen and oxygen atoms in total. The van der Waals surface area contributed by atoms with Gasteiger partial charge in [0.05, 0.1) is 11.3 Å². The highest BCUT2D eigenvalue weighted by atomic mass is 79.9. The number of carbonyl (C=O) groups excluding carboxylic acids is 1. The predicted molar refractivity (Wildman–Crippen MR) is 49.1 cm³/mol. The van der Waals surface area contributed by atoms with Crippen LogP contribution in [0.4, 0.5) is 0 Å². The molecule has 0 saturated carbocycles. The Morgan fingerprint density at radius 3 is 3.00 bits per heavy atom. The summed E-state index contributed by atoms with van der Waals surface area (Å²) in [7, 11) is 0. The maximum Gasteiger partial charge on any atom is 0.175 e. The zero-order chi connectivity index (χ0) is 8.27. The largest absolute Gasteiger partial charge is 0.457 e. The minimum absolute atomic E-state index is 0.104. The van der Waals surface area contributed by atoms with E-state index in [1.54, 1.807) is 6.07 Å². The summed E-state index contributed by atoms with van der Waals surface area (Å²) in [6, 6.07) is 1.68. The SMILES string of the molecule is CSCC(=O)c1coc(Br)c1. The molecule has 0 aliphatic rings. The fourth-order valence-corrected chi connectivity index (χ4v) is 1.44. The highest BCUT2D eigenvalue weighted by Gasteiger charge is 2.07. The second kappa shape index (κ2) is 3.97. The summed E-state index contributed by atoms with van der Waals surface area (Å²) in [5, 5.41) is 0. The van der Waals surface area contributed by atoms with Gasteiger partial charge in [-0.05, 0) is 22.2 Å². The van der Waals surface area contributed by atoms with Crippen LogP contribution in [0.5, 0.6) is 0 Å². The lowest BCUT2D eigenvalue weighted by Gasteiger charge is -1.89. The summed E-state index contributed by atoms with van der Waals surface area (Å²) in [5.74, 6) is 0.610. The van der Waals surface area contributed by atoms with Gasteiger partial charge in [-0.3, -0.25) is 4.79 Å². The van der Waals surface area contributed by atoms with Crippen LogP contribution in [0.1, 0.15) is 10.4 Å². The molecule has 0 bridgehead atoms. The average molecular weight is 235 g/mol. The topological polar surface area (TPSA) is 30.2 Å². The quantitative estimate of drug-likeness (QED) is 0.754. The fraction of sp³-hybridized carbons (Fsp3) is 0.286. The van der Waals surface area contributed by atoms with Crippen molar-refractivity contribution in [1.82, 2.24) is 0 Å². The molecule has 0 atom stereocenters. The minimum Gasteiger partial charge on any atom is -0.457 e. The lowest BCUT2D eigenvalue weighted by molar-refractivity contribution is 0.102. The van der Waals surface area contributed by atoms with E-state index >= 15 is 0 Å². The van der Waals surface area contributed by atoms with Crippen molar-refractivity contribution < 1.29 is 9.21 Å². The third-order valence-corrected chi connectivity index (χ3v) is 2.13. The molecule has 4 heteroatoms. The molecule has 0 N–H and O–H groups in total. The first-order valence-corrected chi connectivity index (χ1v) is 5.19. The molecule has 1 aromatic rings. The first kappa shape index (κ1) is 8.87. The van der Waals surface area contributed by atoms with Crippen molar-refractivity contribution in [2.24, 2.45) is 0 Å². The standard InChI is InChI=1S/C7H7BrO2S/c1-11-4-6(9)5-2-7(8)10-3-5/h2-3H,4H2,1H3. The van der Waals surface area contributed by atoms with Crippen LogP contribution in [0.25, 0.3) is 0 Å². The number of halogens is 1. The molecule has 0 fully saturated rings. The van der Waals surface area contributed by atoms with Gasteiger partial charge in [0.25, 0.3) is 0 Å².